The second-order valence-electron chi connectivity index (χ2n) is 11.4. The van der Waals surface area contributed by atoms with E-state index in [2.05, 4.69) is 10.3 Å². The third-order valence-electron chi connectivity index (χ3n) is 9.14. The van der Waals surface area contributed by atoms with Gasteiger partial charge in [0, 0.05) is 26.8 Å². The van der Waals surface area contributed by atoms with Crippen molar-refractivity contribution in [3.05, 3.63) is 67.6 Å². The molecule has 0 radical (unpaired) electrons. The number of aromatic amines is 1. The van der Waals surface area contributed by atoms with Gasteiger partial charge in [-0.2, -0.15) is 0 Å². The first-order chi connectivity index (χ1) is 21.1. The lowest BCUT2D eigenvalue weighted by Gasteiger charge is -2.43. The minimum Gasteiger partial charge on any atom is -0.493 e. The van der Waals surface area contributed by atoms with Gasteiger partial charge >= 0.3 is 10.8 Å². The molecule has 6 unspecified atom stereocenters. The largest absolute Gasteiger partial charge is 0.493 e. The number of carboxylic acids is 1. The highest BCUT2D eigenvalue weighted by Crippen LogP contribution is 2.68. The van der Waals surface area contributed by atoms with Gasteiger partial charge in [0.05, 0.1) is 24.0 Å². The SMILES string of the molecule is COc1cc([C@H]2c3sc(=O)[nH]c3SC3C4CC(C5C(=O)N(CC(=O)O)C(=O)C45)C32)ccc1OCC(=O)Nc1ccc(Cl)cc1. The minimum atomic E-state index is -1.22. The number of nitrogens with zero attached hydrogens (tertiary/aromatic N) is 1. The molecule has 3 amide bonds. The predicted molar refractivity (Wildman–Crippen MR) is 161 cm³/mol. The molecule has 228 valence electrons. The van der Waals surface area contributed by atoms with E-state index in [1.54, 1.807) is 42.1 Å². The molecule has 4 aliphatic rings. The van der Waals surface area contributed by atoms with Crippen LogP contribution in [0.25, 0.3) is 0 Å². The number of hydrogen-bond acceptors (Lipinski definition) is 9. The standard InChI is InChI=1S/C30H26ClN3O8S2/c1-41-18-8-12(2-7-17(18)42-11-19(35)32-14-5-3-13(31)4-6-14)21-22-15-9-16(25(22)43-27-26(21)44-30(40)33-27)24-23(15)28(38)34(29(24)39)10-20(36)37/h2-8,15-16,21-25H,9-11H2,1H3,(H,32,35)(H,33,40)(H,36,37)/t15?,16?,21-,22?,23?,24?,25?/m1/s1. The molecule has 3 heterocycles. The molecule has 2 bridgehead atoms. The topological polar surface area (TPSA) is 155 Å². The number of fused-ring (bicyclic) bond motifs is 9. The lowest BCUT2D eigenvalue weighted by atomic mass is 9.68. The summed E-state index contributed by atoms with van der Waals surface area (Å²) in [5, 5.41) is 13.3. The number of thioether (sulfide) groups is 1. The smallest absolute Gasteiger partial charge is 0.323 e. The van der Waals surface area contributed by atoms with E-state index < -0.39 is 36.2 Å². The number of carboxylic acid groups (broad SMARTS) is 1. The number of H-pyrrole nitrogens is 1. The van der Waals surface area contributed by atoms with Crippen LogP contribution in [0.15, 0.2) is 52.3 Å². The fourth-order valence-corrected chi connectivity index (χ4v) is 10.6. The van der Waals surface area contributed by atoms with Gasteiger partial charge in [-0.1, -0.05) is 29.0 Å². The average molecular weight is 656 g/mol. The molecule has 1 aromatic heterocycles. The van der Waals surface area contributed by atoms with E-state index in [9.17, 15) is 29.1 Å². The number of amides is 3. The number of likely N-dealkylation sites (tertiary alicyclic amines) is 1. The number of rotatable bonds is 8. The van der Waals surface area contributed by atoms with Crippen molar-refractivity contribution in [2.75, 3.05) is 25.6 Å². The van der Waals surface area contributed by atoms with Gasteiger partial charge in [-0.3, -0.25) is 28.9 Å². The van der Waals surface area contributed by atoms with Crippen molar-refractivity contribution >= 4 is 64.1 Å². The summed E-state index contributed by atoms with van der Waals surface area (Å²) < 4.78 is 11.5. The Bertz CT molecular complexity index is 1760. The van der Waals surface area contributed by atoms with Gasteiger partial charge in [-0.05, 0) is 66.1 Å². The van der Waals surface area contributed by atoms with Crippen LogP contribution < -0.4 is 19.7 Å². The Morgan fingerprint density at radius 1 is 1.07 bits per heavy atom. The van der Waals surface area contributed by atoms with Gasteiger partial charge < -0.3 is 24.9 Å². The number of halogens is 1. The van der Waals surface area contributed by atoms with Gasteiger partial charge in [0.1, 0.15) is 6.54 Å². The molecule has 2 aliphatic carbocycles. The molecule has 11 nitrogen and oxygen atoms in total. The van der Waals surface area contributed by atoms with E-state index in [0.29, 0.717) is 28.6 Å². The molecule has 2 aromatic carbocycles. The summed E-state index contributed by atoms with van der Waals surface area (Å²) in [5.41, 5.74) is 1.44. The number of aliphatic carboxylic acids is 1. The van der Waals surface area contributed by atoms with Crippen molar-refractivity contribution in [2.24, 2.45) is 29.6 Å². The summed E-state index contributed by atoms with van der Waals surface area (Å²) in [5.74, 6) is -3.34. The van der Waals surface area contributed by atoms with E-state index in [0.717, 1.165) is 31.7 Å². The Balaban J connectivity index is 1.17. The number of imide groups is 1. The van der Waals surface area contributed by atoms with Crippen LogP contribution in [-0.2, 0) is 19.2 Å². The Morgan fingerprint density at radius 3 is 2.50 bits per heavy atom. The lowest BCUT2D eigenvalue weighted by molar-refractivity contribution is -0.149. The highest BCUT2D eigenvalue weighted by atomic mass is 35.5. The number of methoxy groups -OCH3 is 1. The normalized spacial score (nSPS) is 28.0. The van der Waals surface area contributed by atoms with Crippen LogP contribution in [0.4, 0.5) is 5.69 Å². The fourth-order valence-electron chi connectivity index (χ4n) is 7.61. The highest BCUT2D eigenvalue weighted by Gasteiger charge is 2.69. The van der Waals surface area contributed by atoms with Crippen LogP contribution in [-0.4, -0.2) is 64.2 Å². The van der Waals surface area contributed by atoms with Crippen LogP contribution in [0, 0.1) is 29.6 Å². The molecule has 14 heteroatoms. The van der Waals surface area contributed by atoms with E-state index >= 15 is 0 Å². The predicted octanol–water partition coefficient (Wildman–Crippen LogP) is 3.67. The van der Waals surface area contributed by atoms with Gasteiger partial charge in [0.2, 0.25) is 11.8 Å². The third-order valence-corrected chi connectivity index (χ3v) is 12.0. The second kappa shape index (κ2) is 11.0. The van der Waals surface area contributed by atoms with Gasteiger partial charge in [-0.25, -0.2) is 0 Å². The van der Waals surface area contributed by atoms with Crippen molar-refractivity contribution < 1.29 is 33.8 Å². The maximum Gasteiger partial charge on any atom is 0.323 e. The molecular formula is C30H26ClN3O8S2. The van der Waals surface area contributed by atoms with Crippen LogP contribution in [0.1, 0.15) is 22.8 Å². The Morgan fingerprint density at radius 2 is 1.80 bits per heavy atom. The number of aromatic nitrogens is 1. The number of ether oxygens (including phenoxy) is 2. The zero-order valence-corrected chi connectivity index (χ0v) is 25.5. The summed E-state index contributed by atoms with van der Waals surface area (Å²) in [6.07, 6.45) is 0.687. The van der Waals surface area contributed by atoms with Crippen LogP contribution >= 0.6 is 34.7 Å². The maximum atomic E-state index is 13.4. The number of thiazole rings is 1. The van der Waals surface area contributed by atoms with Crippen molar-refractivity contribution in [1.82, 2.24) is 9.88 Å². The first-order valence-corrected chi connectivity index (χ1v) is 16.0. The van der Waals surface area contributed by atoms with E-state index in [-0.39, 0.29) is 46.3 Å². The summed E-state index contributed by atoms with van der Waals surface area (Å²) >= 11 is 8.59. The molecule has 44 heavy (non-hydrogen) atoms. The van der Waals surface area contributed by atoms with Gasteiger partial charge in [0.25, 0.3) is 5.91 Å². The Labute approximate surface area is 263 Å². The van der Waals surface area contributed by atoms with Crippen molar-refractivity contribution in [2.45, 2.75) is 22.6 Å². The fraction of sp³-hybridized carbons (Fsp3) is 0.367. The molecule has 2 saturated carbocycles. The number of carbonyl (C=O) groups is 4. The first-order valence-electron chi connectivity index (χ1n) is 14.0. The third kappa shape index (κ3) is 4.68. The molecule has 0 spiro atoms. The number of benzene rings is 2. The van der Waals surface area contributed by atoms with E-state index in [1.807, 2.05) is 12.1 Å². The number of anilines is 1. The van der Waals surface area contributed by atoms with Crippen molar-refractivity contribution in [3.8, 4) is 11.5 Å². The lowest BCUT2D eigenvalue weighted by Crippen LogP contribution is -2.42. The zero-order chi connectivity index (χ0) is 30.9. The van der Waals surface area contributed by atoms with E-state index in [1.165, 1.54) is 7.11 Å². The molecule has 2 aliphatic heterocycles. The number of carbonyl (C=O) groups excluding carboxylic acids is 3. The minimum absolute atomic E-state index is 0.0380. The van der Waals surface area contributed by atoms with Gasteiger partial charge in [-0.15, -0.1) is 11.8 Å². The zero-order valence-electron chi connectivity index (χ0n) is 23.2. The second-order valence-corrected chi connectivity index (χ2v) is 14.0. The summed E-state index contributed by atoms with van der Waals surface area (Å²) in [6.45, 7) is -0.893. The maximum absolute atomic E-state index is 13.4. The molecule has 7 rings (SSSR count). The van der Waals surface area contributed by atoms with E-state index in [4.69, 9.17) is 21.1 Å². The molecule has 3 aromatic rings. The van der Waals surface area contributed by atoms with Gasteiger partial charge in [0.15, 0.2) is 18.1 Å². The number of nitrogens with one attached hydrogen (secondary N) is 2. The monoisotopic (exact) mass is 655 g/mol. The molecular weight excluding hydrogens is 630 g/mol. The molecule has 3 N–H and O–H groups in total. The average Bonchev–Trinajstić information content (AvgIpc) is 3.73. The molecule has 3 fully saturated rings. The van der Waals surface area contributed by atoms with Crippen molar-refractivity contribution in [3.63, 3.8) is 0 Å². The molecule has 1 saturated heterocycles. The van der Waals surface area contributed by atoms with Crippen LogP contribution in [0.5, 0.6) is 11.5 Å². The highest BCUT2D eigenvalue weighted by molar-refractivity contribution is 8.00. The summed E-state index contributed by atoms with van der Waals surface area (Å²) in [6, 6.07) is 12.1. The van der Waals surface area contributed by atoms with Crippen LogP contribution in [0.3, 0.4) is 0 Å². The Hall–Kier alpha value is -3.81. The van der Waals surface area contributed by atoms with Crippen molar-refractivity contribution in [1.29, 1.82) is 0 Å². The Kier molecular flexibility index (Phi) is 7.21. The molecule has 7 atom stereocenters. The first kappa shape index (κ1) is 28.9. The summed E-state index contributed by atoms with van der Waals surface area (Å²) in [4.78, 5) is 67.7. The number of hydrogen-bond donors (Lipinski definition) is 3. The quantitative estimate of drug-likeness (QED) is 0.308. The van der Waals surface area contributed by atoms with Crippen LogP contribution in [0.2, 0.25) is 5.02 Å². The summed E-state index contributed by atoms with van der Waals surface area (Å²) in [7, 11) is 1.50.